The number of imidazole rings is 1. The Morgan fingerprint density at radius 1 is 1.10 bits per heavy atom. The number of urea groups is 1. The van der Waals surface area contributed by atoms with Gasteiger partial charge in [-0.2, -0.15) is 0 Å². The van der Waals surface area contributed by atoms with Gasteiger partial charge in [-0.25, -0.2) is 27.3 Å². The first-order chi connectivity index (χ1) is 20.1. The van der Waals surface area contributed by atoms with Gasteiger partial charge < -0.3 is 25.3 Å². The maximum absolute atomic E-state index is 13.9. The summed E-state index contributed by atoms with van der Waals surface area (Å²) in [6.07, 6.45) is 4.75. The highest BCUT2D eigenvalue weighted by molar-refractivity contribution is 7.88. The lowest BCUT2D eigenvalue weighted by Crippen LogP contribution is -2.47. The van der Waals surface area contributed by atoms with Gasteiger partial charge in [-0.15, -0.1) is 0 Å². The molecule has 2 atom stereocenters. The summed E-state index contributed by atoms with van der Waals surface area (Å²) in [7, 11) is -1.91. The summed E-state index contributed by atoms with van der Waals surface area (Å²) in [5, 5.41) is 2.93. The number of H-pyrrole nitrogens is 1. The van der Waals surface area contributed by atoms with Crippen LogP contribution in [0.4, 0.5) is 15.3 Å². The molecule has 42 heavy (non-hydrogen) atoms. The first-order valence-electron chi connectivity index (χ1n) is 14.5. The molecule has 0 spiro atoms. The topological polar surface area (TPSA) is 154 Å². The molecule has 0 aliphatic carbocycles. The lowest BCUT2D eigenvalue weighted by molar-refractivity contribution is 0.125. The molecule has 0 radical (unpaired) electrons. The van der Waals surface area contributed by atoms with Crippen LogP contribution >= 0.6 is 11.6 Å². The number of nitrogens with two attached hydrogens (primary N) is 1. The smallest absolute Gasteiger partial charge is 0.411 e. The second-order valence-corrected chi connectivity index (χ2v) is 13.9. The van der Waals surface area contributed by atoms with Gasteiger partial charge in [-0.1, -0.05) is 23.7 Å². The van der Waals surface area contributed by atoms with Crippen molar-refractivity contribution in [2.24, 2.45) is 23.5 Å². The normalized spacial score (nSPS) is 22.9. The van der Waals surface area contributed by atoms with E-state index in [1.165, 1.54) is 13.4 Å². The van der Waals surface area contributed by atoms with E-state index in [0.717, 1.165) is 37.7 Å². The van der Waals surface area contributed by atoms with Crippen LogP contribution in [0.15, 0.2) is 24.3 Å². The zero-order chi connectivity index (χ0) is 30.0. The predicted molar refractivity (Wildman–Crippen MR) is 161 cm³/mol. The number of aromatic amines is 1. The van der Waals surface area contributed by atoms with Gasteiger partial charge in [-0.05, 0) is 68.5 Å². The van der Waals surface area contributed by atoms with Crippen LogP contribution in [0.25, 0.3) is 11.3 Å². The number of halogens is 1. The third kappa shape index (κ3) is 6.69. The molecule has 3 aliphatic rings. The number of rotatable bonds is 6. The van der Waals surface area contributed by atoms with E-state index in [9.17, 15) is 18.0 Å². The molecular formula is C28H40ClN7O5S. The second-order valence-electron chi connectivity index (χ2n) is 11.6. The van der Waals surface area contributed by atoms with Crippen molar-refractivity contribution in [1.29, 1.82) is 0 Å². The van der Waals surface area contributed by atoms with Crippen LogP contribution in [0.3, 0.4) is 0 Å². The van der Waals surface area contributed by atoms with Crippen molar-refractivity contribution in [3.8, 4) is 11.3 Å². The van der Waals surface area contributed by atoms with Crippen molar-refractivity contribution in [3.05, 3.63) is 35.2 Å². The Morgan fingerprint density at radius 2 is 1.76 bits per heavy atom. The van der Waals surface area contributed by atoms with Gasteiger partial charge in [0.15, 0.2) is 5.15 Å². The number of carbonyl (C=O) groups is 2. The van der Waals surface area contributed by atoms with Crippen molar-refractivity contribution in [1.82, 2.24) is 24.1 Å². The van der Waals surface area contributed by atoms with E-state index < -0.39 is 16.1 Å². The van der Waals surface area contributed by atoms with Crippen molar-refractivity contribution >= 4 is 39.4 Å². The number of anilines is 1. The Balaban J connectivity index is 1.36. The third-order valence-corrected chi connectivity index (χ3v) is 10.6. The summed E-state index contributed by atoms with van der Waals surface area (Å²) in [6.45, 7) is 3.59. The highest BCUT2D eigenvalue weighted by Crippen LogP contribution is 2.43. The molecule has 1 aromatic carbocycles. The van der Waals surface area contributed by atoms with Crippen molar-refractivity contribution in [3.63, 3.8) is 0 Å². The maximum Gasteiger partial charge on any atom is 0.411 e. The molecule has 2 aromatic rings. The molecule has 3 fully saturated rings. The van der Waals surface area contributed by atoms with E-state index in [-0.39, 0.29) is 18.0 Å². The highest BCUT2D eigenvalue weighted by atomic mass is 35.5. The molecule has 1 unspecified atom stereocenters. The van der Waals surface area contributed by atoms with Crippen molar-refractivity contribution in [2.75, 3.05) is 58.0 Å². The number of piperidine rings is 2. The molecule has 0 saturated carbocycles. The lowest BCUT2D eigenvalue weighted by atomic mass is 9.83. The fraction of sp³-hybridized carbons (Fsp3) is 0.607. The molecule has 3 aliphatic heterocycles. The molecule has 5 rings (SSSR count). The number of hydrogen-bond acceptors (Lipinski definition) is 7. The van der Waals surface area contributed by atoms with Crippen LogP contribution in [0, 0.1) is 17.8 Å². The SMILES string of the molecule is COC(=O)Nc1ccc(-c2[nH]c([C@@H]3CC(C4CCN(S(C)(=O)=O)CC4)CN3C(=O)N3CCC(CN)CC3)nc2Cl)cc1. The summed E-state index contributed by atoms with van der Waals surface area (Å²) in [4.78, 5) is 37.4. The molecule has 12 nitrogen and oxygen atoms in total. The monoisotopic (exact) mass is 621 g/mol. The molecule has 3 amide bonds. The van der Waals surface area contributed by atoms with E-state index >= 15 is 0 Å². The maximum atomic E-state index is 13.9. The van der Waals surface area contributed by atoms with E-state index in [4.69, 9.17) is 17.3 Å². The number of benzene rings is 1. The minimum atomic E-state index is -3.21. The Hall–Kier alpha value is -2.87. The fourth-order valence-corrected chi connectivity index (χ4v) is 7.63. The largest absolute Gasteiger partial charge is 0.453 e. The quantitative estimate of drug-likeness (QED) is 0.444. The minimum absolute atomic E-state index is 0.00106. The average Bonchev–Trinajstić information content (AvgIpc) is 3.61. The molecule has 14 heteroatoms. The Morgan fingerprint density at radius 3 is 2.36 bits per heavy atom. The molecule has 1 aromatic heterocycles. The third-order valence-electron chi connectivity index (χ3n) is 9.03. The van der Waals surface area contributed by atoms with Crippen LogP contribution in [0.1, 0.15) is 44.0 Å². The number of carbonyl (C=O) groups excluding carboxylic acids is 2. The standard InChI is InChI=1S/C28H40ClN7O5S/c1-41-27(37)31-22-5-3-20(4-6-22)24-25(29)33-26(32-24)23-15-21(19-9-13-35(14-10-19)42(2,39)40)17-36(23)28(38)34-11-7-18(16-30)8-12-34/h3-6,18-19,21,23H,7-17,30H2,1-2H3,(H,31,37)(H,32,33)/t21?,23-/m0/s1. The van der Waals surface area contributed by atoms with Gasteiger partial charge >= 0.3 is 12.1 Å². The van der Waals surface area contributed by atoms with Gasteiger partial charge in [0.05, 0.1) is 25.1 Å². The number of nitrogens with zero attached hydrogens (tertiary/aromatic N) is 4. The first kappa shape index (κ1) is 30.6. The molecule has 0 bridgehead atoms. The Labute approximate surface area is 252 Å². The van der Waals surface area contributed by atoms with Crippen LogP contribution in [0.5, 0.6) is 0 Å². The van der Waals surface area contributed by atoms with Crippen LogP contribution in [-0.4, -0.2) is 97.2 Å². The van der Waals surface area contributed by atoms with E-state index in [1.54, 1.807) is 16.4 Å². The van der Waals surface area contributed by atoms with E-state index in [2.05, 4.69) is 20.0 Å². The molecule has 3 saturated heterocycles. The highest BCUT2D eigenvalue weighted by Gasteiger charge is 2.44. The summed E-state index contributed by atoms with van der Waals surface area (Å²) in [6, 6.07) is 6.86. The number of sulfonamides is 1. The number of nitrogens with one attached hydrogen (secondary N) is 2. The number of aromatic nitrogens is 2. The Bertz CT molecular complexity index is 1370. The average molecular weight is 622 g/mol. The van der Waals surface area contributed by atoms with Crippen LogP contribution < -0.4 is 11.1 Å². The van der Waals surface area contributed by atoms with Crippen molar-refractivity contribution < 1.29 is 22.7 Å². The molecule has 230 valence electrons. The second kappa shape index (κ2) is 12.8. The summed E-state index contributed by atoms with van der Waals surface area (Å²) >= 11 is 6.64. The first-order valence-corrected chi connectivity index (χ1v) is 16.7. The number of likely N-dealkylation sites (tertiary alicyclic amines) is 2. The number of methoxy groups -OCH3 is 1. The predicted octanol–water partition coefficient (Wildman–Crippen LogP) is 3.73. The van der Waals surface area contributed by atoms with Gasteiger partial charge in [0.25, 0.3) is 0 Å². The van der Waals surface area contributed by atoms with Gasteiger partial charge in [-0.3, -0.25) is 5.32 Å². The van der Waals surface area contributed by atoms with Crippen molar-refractivity contribution in [2.45, 2.75) is 38.1 Å². The van der Waals surface area contributed by atoms with E-state index in [1.807, 2.05) is 21.9 Å². The number of hydrogen-bond donors (Lipinski definition) is 3. The van der Waals surface area contributed by atoms with Crippen LogP contribution in [0.2, 0.25) is 5.15 Å². The zero-order valence-electron chi connectivity index (χ0n) is 24.1. The van der Waals surface area contributed by atoms with E-state index in [0.29, 0.717) is 73.5 Å². The zero-order valence-corrected chi connectivity index (χ0v) is 25.7. The lowest BCUT2D eigenvalue weighted by Gasteiger charge is -2.36. The molecular weight excluding hydrogens is 582 g/mol. The summed E-state index contributed by atoms with van der Waals surface area (Å²) in [5.74, 6) is 1.61. The minimum Gasteiger partial charge on any atom is -0.453 e. The number of ether oxygens (including phenoxy) is 1. The summed E-state index contributed by atoms with van der Waals surface area (Å²) in [5.41, 5.74) is 7.89. The fourth-order valence-electron chi connectivity index (χ4n) is 6.51. The van der Waals surface area contributed by atoms with Crippen LogP contribution in [-0.2, 0) is 14.8 Å². The van der Waals surface area contributed by atoms with Gasteiger partial charge in [0.2, 0.25) is 10.0 Å². The molecule has 4 N–H and O–H groups in total. The number of amides is 3. The molecule has 4 heterocycles. The van der Waals surface area contributed by atoms with Gasteiger partial charge in [0.1, 0.15) is 5.82 Å². The van der Waals surface area contributed by atoms with Gasteiger partial charge in [0, 0.05) is 44.0 Å². The Kier molecular flexibility index (Phi) is 9.31. The summed E-state index contributed by atoms with van der Waals surface area (Å²) < 4.78 is 30.3.